The van der Waals surface area contributed by atoms with Crippen LogP contribution in [0.5, 0.6) is 0 Å². The van der Waals surface area contributed by atoms with Gasteiger partial charge in [-0.1, -0.05) is 23.7 Å². The first-order valence-corrected chi connectivity index (χ1v) is 9.31. The summed E-state index contributed by atoms with van der Waals surface area (Å²) in [5.74, 6) is -2.64. The van der Waals surface area contributed by atoms with E-state index >= 15 is 0 Å². The molecule has 0 spiro atoms. The second kappa shape index (κ2) is 7.80. The van der Waals surface area contributed by atoms with Crippen LogP contribution in [0.2, 0.25) is 5.02 Å². The first kappa shape index (κ1) is 19.5. The zero-order valence-corrected chi connectivity index (χ0v) is 16.1. The number of carbonyl (C=O) groups excluding carboxylic acids is 1. The van der Waals surface area contributed by atoms with Crippen molar-refractivity contribution >= 4 is 29.0 Å². The zero-order chi connectivity index (χ0) is 19.6. The smallest absolute Gasteiger partial charge is 0.259 e. The summed E-state index contributed by atoms with van der Waals surface area (Å²) in [5.41, 5.74) is 2.53. The molecule has 1 aromatic carbocycles. The zero-order valence-electron chi connectivity index (χ0n) is 15.4. The maximum Gasteiger partial charge on any atom is 0.259 e. The lowest BCUT2D eigenvalue weighted by Gasteiger charge is -2.24. The van der Waals surface area contributed by atoms with E-state index in [1.807, 2.05) is 25.1 Å². The molecule has 0 atom stereocenters. The second-order valence-electron chi connectivity index (χ2n) is 6.95. The number of amides is 1. The molecule has 1 aromatic heterocycles. The predicted molar refractivity (Wildman–Crippen MR) is 104 cm³/mol. The summed E-state index contributed by atoms with van der Waals surface area (Å²) in [5, 5.41) is 3.21. The number of rotatable bonds is 3. The van der Waals surface area contributed by atoms with Crippen molar-refractivity contribution in [3.8, 4) is 0 Å². The van der Waals surface area contributed by atoms with E-state index in [9.17, 15) is 13.6 Å². The lowest BCUT2D eigenvalue weighted by Crippen LogP contribution is -2.29. The van der Waals surface area contributed by atoms with E-state index in [1.165, 1.54) is 0 Å². The van der Waals surface area contributed by atoms with Crippen molar-refractivity contribution in [1.29, 1.82) is 0 Å². The van der Waals surface area contributed by atoms with Crippen molar-refractivity contribution in [2.24, 2.45) is 0 Å². The Kier molecular flexibility index (Phi) is 5.65. The van der Waals surface area contributed by atoms with Crippen molar-refractivity contribution in [1.82, 2.24) is 4.98 Å². The average Bonchev–Trinajstić information content (AvgIpc) is 2.77. The van der Waals surface area contributed by atoms with Crippen LogP contribution in [0.4, 0.5) is 20.3 Å². The van der Waals surface area contributed by atoms with Gasteiger partial charge in [-0.3, -0.25) is 4.79 Å². The van der Waals surface area contributed by atoms with Crippen LogP contribution in [0.15, 0.2) is 30.3 Å². The highest BCUT2D eigenvalue weighted by Gasteiger charge is 2.33. The monoisotopic (exact) mass is 393 g/mol. The number of aromatic nitrogens is 1. The topological polar surface area (TPSA) is 45.2 Å². The maximum atomic E-state index is 13.7. The van der Waals surface area contributed by atoms with Gasteiger partial charge in [0.05, 0.1) is 16.3 Å². The van der Waals surface area contributed by atoms with Gasteiger partial charge in [-0.25, -0.2) is 13.8 Å². The standard InChI is InChI=1S/C20H22ClF2N3O/c1-13-5-3-6-15(11-13)25-19(27)16-12-17(21)14(2)24-18(16)26-9-4-7-20(22,23)8-10-26/h3,5-6,11-12H,4,7-10H2,1-2H3,(H,25,27). The first-order valence-electron chi connectivity index (χ1n) is 8.93. The van der Waals surface area contributed by atoms with Crippen LogP contribution in [-0.2, 0) is 0 Å². The van der Waals surface area contributed by atoms with Gasteiger partial charge in [-0.05, 0) is 44.0 Å². The molecule has 0 saturated carbocycles. The number of anilines is 2. The van der Waals surface area contributed by atoms with Gasteiger partial charge in [0.25, 0.3) is 5.91 Å². The van der Waals surface area contributed by atoms with Gasteiger partial charge in [0.2, 0.25) is 5.92 Å². The fourth-order valence-corrected chi connectivity index (χ4v) is 3.32. The lowest BCUT2D eigenvalue weighted by molar-refractivity contribution is -0.0102. The van der Waals surface area contributed by atoms with E-state index in [-0.39, 0.29) is 30.9 Å². The van der Waals surface area contributed by atoms with Crippen molar-refractivity contribution < 1.29 is 13.6 Å². The average molecular weight is 394 g/mol. The number of hydrogen-bond donors (Lipinski definition) is 1. The summed E-state index contributed by atoms with van der Waals surface area (Å²) < 4.78 is 27.5. The summed E-state index contributed by atoms with van der Waals surface area (Å²) in [6, 6.07) is 8.99. The molecule has 0 unspecified atom stereocenters. The number of carbonyl (C=O) groups is 1. The van der Waals surface area contributed by atoms with Crippen LogP contribution in [-0.4, -0.2) is 29.9 Å². The molecule has 3 rings (SSSR count). The fourth-order valence-electron chi connectivity index (χ4n) is 3.17. The number of aryl methyl sites for hydroxylation is 2. The highest BCUT2D eigenvalue weighted by atomic mass is 35.5. The molecular formula is C20H22ClF2N3O. The Labute approximate surface area is 162 Å². The van der Waals surface area contributed by atoms with Gasteiger partial charge >= 0.3 is 0 Å². The van der Waals surface area contributed by atoms with Crippen LogP contribution in [0.1, 0.15) is 40.9 Å². The summed E-state index contributed by atoms with van der Waals surface area (Å²) in [6.45, 7) is 4.24. The van der Waals surface area contributed by atoms with E-state index in [0.717, 1.165) is 5.56 Å². The normalized spacial score (nSPS) is 16.7. The second-order valence-corrected chi connectivity index (χ2v) is 7.35. The SMILES string of the molecule is Cc1cccc(NC(=O)c2cc(Cl)c(C)nc2N2CCCC(F)(F)CC2)c1. The largest absolute Gasteiger partial charge is 0.356 e. The molecule has 1 fully saturated rings. The van der Waals surface area contributed by atoms with E-state index in [0.29, 0.717) is 35.2 Å². The number of nitrogens with one attached hydrogen (secondary N) is 1. The molecule has 1 saturated heterocycles. The minimum absolute atomic E-state index is 0.145. The Bertz CT molecular complexity index is 857. The van der Waals surface area contributed by atoms with Crippen LogP contribution in [0, 0.1) is 13.8 Å². The molecule has 0 aliphatic carbocycles. The molecule has 7 heteroatoms. The summed E-state index contributed by atoms with van der Waals surface area (Å²) >= 11 is 6.19. The van der Waals surface area contributed by atoms with Gasteiger partial charge < -0.3 is 10.2 Å². The van der Waals surface area contributed by atoms with Crippen LogP contribution < -0.4 is 10.2 Å². The number of hydrogen-bond acceptors (Lipinski definition) is 3. The van der Waals surface area contributed by atoms with E-state index in [2.05, 4.69) is 10.3 Å². The Morgan fingerprint density at radius 2 is 2.00 bits per heavy atom. The third-order valence-corrected chi connectivity index (χ3v) is 5.05. The first-order chi connectivity index (χ1) is 12.7. The Morgan fingerprint density at radius 3 is 2.74 bits per heavy atom. The van der Waals surface area contributed by atoms with Gasteiger partial charge in [0.1, 0.15) is 5.82 Å². The maximum absolute atomic E-state index is 13.7. The summed E-state index contributed by atoms with van der Waals surface area (Å²) in [4.78, 5) is 19.1. The Morgan fingerprint density at radius 1 is 1.22 bits per heavy atom. The number of pyridine rings is 1. The van der Waals surface area contributed by atoms with Gasteiger partial charge in [0, 0.05) is 31.6 Å². The molecular weight excluding hydrogens is 372 g/mol. The van der Waals surface area contributed by atoms with Crippen LogP contribution >= 0.6 is 11.6 Å². The molecule has 4 nitrogen and oxygen atoms in total. The number of halogens is 3. The van der Waals surface area contributed by atoms with Crippen LogP contribution in [0.3, 0.4) is 0 Å². The van der Waals surface area contributed by atoms with Crippen molar-refractivity contribution in [3.63, 3.8) is 0 Å². The molecule has 144 valence electrons. The van der Waals surface area contributed by atoms with Gasteiger partial charge in [-0.15, -0.1) is 0 Å². The Hall–Kier alpha value is -2.21. The molecule has 1 aliphatic rings. The number of benzene rings is 1. The highest BCUT2D eigenvalue weighted by Crippen LogP contribution is 2.32. The van der Waals surface area contributed by atoms with E-state index in [4.69, 9.17) is 11.6 Å². The Balaban J connectivity index is 1.92. The lowest BCUT2D eigenvalue weighted by atomic mass is 10.1. The van der Waals surface area contributed by atoms with E-state index < -0.39 is 5.92 Å². The number of nitrogens with zero attached hydrogens (tertiary/aromatic N) is 2. The molecule has 2 heterocycles. The fraction of sp³-hybridized carbons (Fsp3) is 0.400. The minimum atomic E-state index is -2.68. The molecule has 2 aromatic rings. The van der Waals surface area contributed by atoms with Crippen molar-refractivity contribution in [3.05, 3.63) is 52.2 Å². The van der Waals surface area contributed by atoms with Crippen LogP contribution in [0.25, 0.3) is 0 Å². The third kappa shape index (κ3) is 4.75. The molecule has 0 bridgehead atoms. The predicted octanol–water partition coefficient (Wildman–Crippen LogP) is 5.23. The molecule has 1 amide bonds. The molecule has 27 heavy (non-hydrogen) atoms. The molecule has 1 N–H and O–H groups in total. The van der Waals surface area contributed by atoms with Gasteiger partial charge in [0.15, 0.2) is 0 Å². The summed E-state index contributed by atoms with van der Waals surface area (Å²) in [7, 11) is 0. The van der Waals surface area contributed by atoms with Crippen molar-refractivity contribution in [2.75, 3.05) is 23.3 Å². The minimum Gasteiger partial charge on any atom is -0.356 e. The third-order valence-electron chi connectivity index (χ3n) is 4.67. The van der Waals surface area contributed by atoms with Crippen molar-refractivity contribution in [2.45, 2.75) is 39.0 Å². The number of alkyl halides is 2. The quantitative estimate of drug-likeness (QED) is 0.776. The summed E-state index contributed by atoms with van der Waals surface area (Å²) in [6.07, 6.45) is -0.0640. The highest BCUT2D eigenvalue weighted by molar-refractivity contribution is 6.31. The molecule has 0 radical (unpaired) electrons. The van der Waals surface area contributed by atoms with E-state index in [1.54, 1.807) is 24.0 Å². The molecule has 1 aliphatic heterocycles. The van der Waals surface area contributed by atoms with Gasteiger partial charge in [-0.2, -0.15) is 0 Å².